The normalized spacial score (nSPS) is 17.7. The molecule has 1 N–H and O–H groups in total. The molecule has 0 unspecified atom stereocenters. The summed E-state index contributed by atoms with van der Waals surface area (Å²) in [6.45, 7) is -0.0375. The Morgan fingerprint density at radius 3 is 2.59 bits per heavy atom. The minimum atomic E-state index is -4.84. The van der Waals surface area contributed by atoms with Crippen LogP contribution >= 0.6 is 23.2 Å². The molecule has 1 aromatic heterocycles. The maximum atomic E-state index is 12.7. The molecule has 176 valence electrons. The summed E-state index contributed by atoms with van der Waals surface area (Å²) in [5.74, 6) is -2.40. The van der Waals surface area contributed by atoms with E-state index < -0.39 is 35.2 Å². The van der Waals surface area contributed by atoms with Crippen molar-refractivity contribution in [1.29, 1.82) is 0 Å². The molecule has 3 aromatic rings. The third-order valence-corrected chi connectivity index (χ3v) is 5.64. The van der Waals surface area contributed by atoms with E-state index in [9.17, 15) is 22.8 Å². The molecule has 4 rings (SSSR count). The molecule has 0 aliphatic carbocycles. The van der Waals surface area contributed by atoms with E-state index in [0.29, 0.717) is 27.7 Å². The van der Waals surface area contributed by atoms with Gasteiger partial charge in [0.1, 0.15) is 11.1 Å². The zero-order valence-electron chi connectivity index (χ0n) is 17.1. The van der Waals surface area contributed by atoms with Crippen molar-refractivity contribution in [1.82, 2.24) is 15.1 Å². The smallest absolute Gasteiger partial charge is 0.406 e. The summed E-state index contributed by atoms with van der Waals surface area (Å²) >= 11 is 12.2. The number of para-hydroxylation sites is 1. The number of hydrogen-bond donors (Lipinski definition) is 1. The van der Waals surface area contributed by atoms with Crippen molar-refractivity contribution in [2.75, 3.05) is 0 Å². The van der Waals surface area contributed by atoms with E-state index in [4.69, 9.17) is 23.2 Å². The SMILES string of the molecule is O=C(NCc1cc(-c2cccc(OC(F)(F)F)c2)n(-c2ccccc2Cl)n1)[C@H]1C=NC(=O)[C@@H]1Cl. The first kappa shape index (κ1) is 23.8. The van der Waals surface area contributed by atoms with Gasteiger partial charge < -0.3 is 10.1 Å². The third-order valence-electron chi connectivity index (χ3n) is 4.86. The van der Waals surface area contributed by atoms with Gasteiger partial charge in [-0.1, -0.05) is 35.9 Å². The van der Waals surface area contributed by atoms with Crippen LogP contribution in [0.25, 0.3) is 16.9 Å². The van der Waals surface area contributed by atoms with Crippen LogP contribution in [0, 0.1) is 5.92 Å². The summed E-state index contributed by atoms with van der Waals surface area (Å²) in [5, 5.41) is 6.40. The Bertz CT molecular complexity index is 1280. The molecule has 7 nitrogen and oxygen atoms in total. The van der Waals surface area contributed by atoms with Crippen molar-refractivity contribution in [3.8, 4) is 22.7 Å². The number of amides is 2. The number of alkyl halides is 4. The summed E-state index contributed by atoms with van der Waals surface area (Å²) < 4.78 is 43.6. The number of aromatic nitrogens is 2. The minimum Gasteiger partial charge on any atom is -0.406 e. The highest BCUT2D eigenvalue weighted by Gasteiger charge is 2.35. The summed E-state index contributed by atoms with van der Waals surface area (Å²) in [7, 11) is 0. The Morgan fingerprint density at radius 1 is 1.15 bits per heavy atom. The first-order valence-electron chi connectivity index (χ1n) is 9.82. The van der Waals surface area contributed by atoms with E-state index in [1.807, 2.05) is 0 Å². The highest BCUT2D eigenvalue weighted by Crippen LogP contribution is 2.31. The zero-order valence-corrected chi connectivity index (χ0v) is 18.6. The lowest BCUT2D eigenvalue weighted by atomic mass is 10.1. The number of nitrogens with zero attached hydrogens (tertiary/aromatic N) is 3. The molecule has 12 heteroatoms. The lowest BCUT2D eigenvalue weighted by Crippen LogP contribution is -2.35. The van der Waals surface area contributed by atoms with Gasteiger partial charge in [0.05, 0.1) is 34.6 Å². The van der Waals surface area contributed by atoms with Crippen LogP contribution in [0.4, 0.5) is 13.2 Å². The van der Waals surface area contributed by atoms with Crippen LogP contribution in [0.2, 0.25) is 5.02 Å². The number of ether oxygens (including phenoxy) is 1. The standard InChI is InChI=1S/C22H15Cl2F3N4O3/c23-16-6-1-2-7-17(16)31-18(12-4-3-5-14(8-12)34-22(25,26)27)9-13(30-31)10-28-20(32)15-11-29-21(33)19(15)24/h1-9,11,15,19H,10H2,(H,28,32)/t15-,19+/m0/s1. The van der Waals surface area contributed by atoms with Gasteiger partial charge in [0.15, 0.2) is 0 Å². The first-order valence-corrected chi connectivity index (χ1v) is 10.6. The molecule has 0 fully saturated rings. The van der Waals surface area contributed by atoms with E-state index in [1.54, 1.807) is 36.4 Å². The number of halogens is 5. The van der Waals surface area contributed by atoms with E-state index >= 15 is 0 Å². The van der Waals surface area contributed by atoms with E-state index in [-0.39, 0.29) is 6.54 Å². The molecule has 2 aromatic carbocycles. The van der Waals surface area contributed by atoms with Gasteiger partial charge in [0, 0.05) is 11.8 Å². The van der Waals surface area contributed by atoms with Gasteiger partial charge in [-0.2, -0.15) is 5.10 Å². The molecular formula is C22H15Cl2F3N4O3. The minimum absolute atomic E-state index is 0.0375. The van der Waals surface area contributed by atoms with Crippen molar-refractivity contribution >= 4 is 41.2 Å². The Kier molecular flexibility index (Phi) is 6.63. The number of benzene rings is 2. The second-order valence-electron chi connectivity index (χ2n) is 7.22. The van der Waals surface area contributed by atoms with Crippen molar-refractivity contribution in [3.05, 3.63) is 65.3 Å². The topological polar surface area (TPSA) is 85.6 Å². The fourth-order valence-electron chi connectivity index (χ4n) is 3.33. The van der Waals surface area contributed by atoms with Gasteiger partial charge in [-0.05, 0) is 30.3 Å². The molecule has 0 saturated heterocycles. The average molecular weight is 511 g/mol. The summed E-state index contributed by atoms with van der Waals surface area (Å²) in [4.78, 5) is 27.4. The Balaban J connectivity index is 1.66. The molecule has 0 spiro atoms. The van der Waals surface area contributed by atoms with Crippen LogP contribution in [0.5, 0.6) is 5.75 Å². The first-order chi connectivity index (χ1) is 16.1. The molecule has 2 heterocycles. The van der Waals surface area contributed by atoms with Gasteiger partial charge in [-0.3, -0.25) is 9.59 Å². The largest absolute Gasteiger partial charge is 0.573 e. The molecule has 0 bridgehead atoms. The van der Waals surface area contributed by atoms with Crippen LogP contribution in [0.1, 0.15) is 5.69 Å². The molecule has 0 radical (unpaired) electrons. The fourth-order valence-corrected chi connectivity index (χ4v) is 3.78. The van der Waals surface area contributed by atoms with Crippen molar-refractivity contribution < 1.29 is 27.5 Å². The zero-order chi connectivity index (χ0) is 24.5. The van der Waals surface area contributed by atoms with Crippen LogP contribution in [-0.4, -0.2) is 39.5 Å². The van der Waals surface area contributed by atoms with E-state index in [2.05, 4.69) is 20.1 Å². The molecule has 34 heavy (non-hydrogen) atoms. The highest BCUT2D eigenvalue weighted by atomic mass is 35.5. The number of carbonyl (C=O) groups is 2. The van der Waals surface area contributed by atoms with Crippen molar-refractivity contribution in [2.24, 2.45) is 10.9 Å². The maximum absolute atomic E-state index is 12.7. The van der Waals surface area contributed by atoms with Crippen LogP contribution in [0.3, 0.4) is 0 Å². The molecule has 1 aliphatic rings. The fraction of sp³-hybridized carbons (Fsp3) is 0.182. The number of aliphatic imine (C=N–C) groups is 1. The van der Waals surface area contributed by atoms with Crippen molar-refractivity contribution in [3.63, 3.8) is 0 Å². The van der Waals surface area contributed by atoms with Gasteiger partial charge in [-0.15, -0.1) is 24.8 Å². The lowest BCUT2D eigenvalue weighted by molar-refractivity contribution is -0.274. The average Bonchev–Trinajstić information content (AvgIpc) is 3.35. The summed E-state index contributed by atoms with van der Waals surface area (Å²) in [5.41, 5.74) is 1.66. The maximum Gasteiger partial charge on any atom is 0.573 e. The van der Waals surface area contributed by atoms with Gasteiger partial charge >= 0.3 is 6.36 Å². The molecular weight excluding hydrogens is 496 g/mol. The van der Waals surface area contributed by atoms with Crippen molar-refractivity contribution in [2.45, 2.75) is 18.3 Å². The molecule has 2 amide bonds. The number of hydrogen-bond acceptors (Lipinski definition) is 4. The van der Waals surface area contributed by atoms with Gasteiger partial charge in [0.25, 0.3) is 5.91 Å². The number of rotatable bonds is 6. The molecule has 0 saturated carbocycles. The summed E-state index contributed by atoms with van der Waals surface area (Å²) in [6, 6.07) is 13.8. The van der Waals surface area contributed by atoms with Crippen LogP contribution in [-0.2, 0) is 16.1 Å². The van der Waals surface area contributed by atoms with Crippen LogP contribution in [0.15, 0.2) is 59.6 Å². The van der Waals surface area contributed by atoms with Gasteiger partial charge in [0.2, 0.25) is 5.91 Å². The Hall–Kier alpha value is -3.37. The van der Waals surface area contributed by atoms with Crippen LogP contribution < -0.4 is 10.1 Å². The second kappa shape index (κ2) is 9.47. The highest BCUT2D eigenvalue weighted by molar-refractivity contribution is 6.36. The predicted molar refractivity (Wildman–Crippen MR) is 119 cm³/mol. The number of nitrogens with one attached hydrogen (secondary N) is 1. The number of carbonyl (C=O) groups excluding carboxylic acids is 2. The molecule has 2 atom stereocenters. The second-order valence-corrected chi connectivity index (χ2v) is 8.10. The Labute approximate surface area is 201 Å². The quantitative estimate of drug-likeness (QED) is 0.493. The predicted octanol–water partition coefficient (Wildman–Crippen LogP) is 4.54. The Morgan fingerprint density at radius 2 is 1.91 bits per heavy atom. The molecule has 1 aliphatic heterocycles. The lowest BCUT2D eigenvalue weighted by Gasteiger charge is -2.12. The van der Waals surface area contributed by atoms with E-state index in [1.165, 1.54) is 29.1 Å². The monoisotopic (exact) mass is 510 g/mol. The third kappa shape index (κ3) is 5.23. The summed E-state index contributed by atoms with van der Waals surface area (Å²) in [6.07, 6.45) is -3.66. The van der Waals surface area contributed by atoms with E-state index in [0.717, 1.165) is 0 Å². The van der Waals surface area contributed by atoms with Gasteiger partial charge in [-0.25, -0.2) is 9.67 Å².